The van der Waals surface area contributed by atoms with Gasteiger partial charge in [0.05, 0.1) is 0 Å². The van der Waals surface area contributed by atoms with Crippen LogP contribution in [0.2, 0.25) is 0 Å². The molecular weight excluding hydrogens is 226 g/mol. The molecule has 1 aliphatic rings. The minimum atomic E-state index is 0.833. The van der Waals surface area contributed by atoms with Crippen LogP contribution in [0.25, 0.3) is 0 Å². The lowest BCUT2D eigenvalue weighted by Gasteiger charge is -2.13. The van der Waals surface area contributed by atoms with E-state index >= 15 is 0 Å². The van der Waals surface area contributed by atoms with Crippen LogP contribution in [0.1, 0.15) is 31.9 Å². The fourth-order valence-corrected chi connectivity index (χ4v) is 2.64. The first-order valence-electron chi connectivity index (χ1n) is 6.43. The predicted octanol–water partition coefficient (Wildman–Crippen LogP) is 4.16. The summed E-state index contributed by atoms with van der Waals surface area (Å²) in [5.41, 5.74) is 2.81. The van der Waals surface area contributed by atoms with Gasteiger partial charge in [-0.25, -0.2) is 0 Å². The molecule has 1 fully saturated rings. The van der Waals surface area contributed by atoms with E-state index in [2.05, 4.69) is 56.9 Å². The Labute approximate surface area is 111 Å². The standard InChI is InChI=1S/C11H15NS.C4H10/c1-10-3-2-4-11(7-10)8-12-5-6-13-9-12;1-4(2)3/h2-4,7H,5-6,8-9H2,1H3;4H,1-3H3. The Hall–Kier alpha value is -0.470. The zero-order valence-electron chi connectivity index (χ0n) is 11.6. The lowest BCUT2D eigenvalue weighted by atomic mass is 10.1. The molecule has 96 valence electrons. The number of nitrogens with zero attached hydrogens (tertiary/aromatic N) is 1. The molecule has 0 N–H and O–H groups in total. The fraction of sp³-hybridized carbons (Fsp3) is 0.600. The van der Waals surface area contributed by atoms with Crippen molar-refractivity contribution < 1.29 is 0 Å². The molecular formula is C15H25NS. The number of thioether (sulfide) groups is 1. The van der Waals surface area contributed by atoms with Crippen molar-refractivity contribution in [3.05, 3.63) is 35.4 Å². The molecule has 0 spiro atoms. The molecule has 1 aliphatic heterocycles. The van der Waals surface area contributed by atoms with Gasteiger partial charge in [0.1, 0.15) is 0 Å². The number of hydrogen-bond donors (Lipinski definition) is 0. The highest BCUT2D eigenvalue weighted by Crippen LogP contribution is 2.16. The first-order valence-corrected chi connectivity index (χ1v) is 7.59. The largest absolute Gasteiger partial charge is 0.289 e. The van der Waals surface area contributed by atoms with Crippen LogP contribution < -0.4 is 0 Å². The molecule has 17 heavy (non-hydrogen) atoms. The summed E-state index contributed by atoms with van der Waals surface area (Å²) in [5, 5.41) is 0. The van der Waals surface area contributed by atoms with Gasteiger partial charge in [0.25, 0.3) is 0 Å². The third-order valence-corrected chi connectivity index (χ3v) is 3.33. The molecule has 1 nitrogen and oxygen atoms in total. The summed E-state index contributed by atoms with van der Waals surface area (Å²) < 4.78 is 0. The summed E-state index contributed by atoms with van der Waals surface area (Å²) in [4.78, 5) is 2.50. The third-order valence-electron chi connectivity index (χ3n) is 2.31. The van der Waals surface area contributed by atoms with E-state index in [4.69, 9.17) is 0 Å². The van der Waals surface area contributed by atoms with Crippen LogP contribution in [0.3, 0.4) is 0 Å². The molecule has 0 atom stereocenters. The molecule has 0 aromatic heterocycles. The molecule has 1 heterocycles. The van der Waals surface area contributed by atoms with Gasteiger partial charge in [-0.05, 0) is 18.4 Å². The Balaban J connectivity index is 0.000000317. The molecule has 2 rings (SSSR count). The van der Waals surface area contributed by atoms with Crippen molar-refractivity contribution in [2.45, 2.75) is 34.2 Å². The molecule has 0 aliphatic carbocycles. The normalized spacial score (nSPS) is 15.8. The van der Waals surface area contributed by atoms with E-state index in [9.17, 15) is 0 Å². The Morgan fingerprint density at radius 3 is 2.53 bits per heavy atom. The molecule has 1 aromatic rings. The highest BCUT2D eigenvalue weighted by Gasteiger charge is 2.11. The molecule has 0 bridgehead atoms. The first kappa shape index (κ1) is 14.6. The van der Waals surface area contributed by atoms with E-state index in [1.165, 1.54) is 29.3 Å². The van der Waals surface area contributed by atoms with E-state index in [1.807, 2.05) is 11.8 Å². The molecule has 0 amide bonds. The molecule has 2 heteroatoms. The van der Waals surface area contributed by atoms with Crippen molar-refractivity contribution in [3.8, 4) is 0 Å². The van der Waals surface area contributed by atoms with Crippen molar-refractivity contribution in [2.24, 2.45) is 5.92 Å². The van der Waals surface area contributed by atoms with Gasteiger partial charge < -0.3 is 0 Å². The molecule has 0 radical (unpaired) electrons. The third kappa shape index (κ3) is 6.75. The maximum absolute atomic E-state index is 2.50. The minimum absolute atomic E-state index is 0.833. The molecule has 1 aromatic carbocycles. The Kier molecular flexibility index (Phi) is 6.68. The van der Waals surface area contributed by atoms with Crippen LogP contribution in [0, 0.1) is 12.8 Å². The van der Waals surface area contributed by atoms with Crippen molar-refractivity contribution in [2.75, 3.05) is 18.2 Å². The van der Waals surface area contributed by atoms with E-state index in [-0.39, 0.29) is 0 Å². The number of hydrogen-bond acceptors (Lipinski definition) is 2. The summed E-state index contributed by atoms with van der Waals surface area (Å²) in [6.45, 7) is 11.0. The average Bonchev–Trinajstić information content (AvgIpc) is 2.69. The second kappa shape index (κ2) is 7.78. The van der Waals surface area contributed by atoms with Crippen molar-refractivity contribution in [1.29, 1.82) is 0 Å². The van der Waals surface area contributed by atoms with Crippen molar-refractivity contribution in [3.63, 3.8) is 0 Å². The number of rotatable bonds is 2. The van der Waals surface area contributed by atoms with Crippen LogP contribution in [0.5, 0.6) is 0 Å². The Morgan fingerprint density at radius 1 is 1.29 bits per heavy atom. The minimum Gasteiger partial charge on any atom is -0.289 e. The molecule has 0 saturated carbocycles. The summed E-state index contributed by atoms with van der Waals surface area (Å²) in [6, 6.07) is 8.80. The van der Waals surface area contributed by atoms with Crippen LogP contribution in [-0.2, 0) is 6.54 Å². The molecule has 1 saturated heterocycles. The number of benzene rings is 1. The SMILES string of the molecule is CC(C)C.Cc1cccc(CN2CCSC2)c1. The average molecular weight is 251 g/mol. The Bertz CT molecular complexity index is 314. The van der Waals surface area contributed by atoms with E-state index in [0.717, 1.165) is 12.5 Å². The topological polar surface area (TPSA) is 3.24 Å². The second-order valence-electron chi connectivity index (χ2n) is 5.31. The van der Waals surface area contributed by atoms with Crippen LogP contribution in [0.15, 0.2) is 24.3 Å². The van der Waals surface area contributed by atoms with Crippen molar-refractivity contribution >= 4 is 11.8 Å². The van der Waals surface area contributed by atoms with Gasteiger partial charge in [-0.15, -0.1) is 11.8 Å². The lowest BCUT2D eigenvalue weighted by Crippen LogP contribution is -2.18. The summed E-state index contributed by atoms with van der Waals surface area (Å²) in [5.74, 6) is 3.33. The smallest absolute Gasteiger partial charge is 0.0448 e. The van der Waals surface area contributed by atoms with E-state index in [0.29, 0.717) is 0 Å². The van der Waals surface area contributed by atoms with Crippen LogP contribution in [-0.4, -0.2) is 23.1 Å². The van der Waals surface area contributed by atoms with E-state index in [1.54, 1.807) is 0 Å². The zero-order chi connectivity index (χ0) is 12.7. The maximum atomic E-state index is 2.50. The maximum Gasteiger partial charge on any atom is 0.0448 e. The Morgan fingerprint density at radius 2 is 2.00 bits per heavy atom. The van der Waals surface area contributed by atoms with Gasteiger partial charge in [0, 0.05) is 24.7 Å². The second-order valence-corrected chi connectivity index (χ2v) is 6.39. The predicted molar refractivity (Wildman–Crippen MR) is 79.4 cm³/mol. The van der Waals surface area contributed by atoms with Gasteiger partial charge in [-0.2, -0.15) is 0 Å². The highest BCUT2D eigenvalue weighted by atomic mass is 32.2. The quantitative estimate of drug-likeness (QED) is 0.776. The number of aryl methyl sites for hydroxylation is 1. The van der Waals surface area contributed by atoms with Gasteiger partial charge in [-0.1, -0.05) is 50.6 Å². The zero-order valence-corrected chi connectivity index (χ0v) is 12.4. The molecule has 0 unspecified atom stereocenters. The monoisotopic (exact) mass is 251 g/mol. The summed E-state index contributed by atoms with van der Waals surface area (Å²) >= 11 is 2.03. The van der Waals surface area contributed by atoms with Crippen LogP contribution in [0.4, 0.5) is 0 Å². The first-order chi connectivity index (χ1) is 8.08. The lowest BCUT2D eigenvalue weighted by molar-refractivity contribution is 0.349. The van der Waals surface area contributed by atoms with Gasteiger partial charge in [0.2, 0.25) is 0 Å². The van der Waals surface area contributed by atoms with Crippen LogP contribution >= 0.6 is 11.8 Å². The summed E-state index contributed by atoms with van der Waals surface area (Å²) in [7, 11) is 0. The van der Waals surface area contributed by atoms with Crippen molar-refractivity contribution in [1.82, 2.24) is 4.90 Å². The highest BCUT2D eigenvalue weighted by molar-refractivity contribution is 7.99. The van der Waals surface area contributed by atoms with E-state index < -0.39 is 0 Å². The van der Waals surface area contributed by atoms with Gasteiger partial charge in [0.15, 0.2) is 0 Å². The van der Waals surface area contributed by atoms with Gasteiger partial charge in [-0.3, -0.25) is 4.90 Å². The summed E-state index contributed by atoms with van der Waals surface area (Å²) in [6.07, 6.45) is 0. The fourth-order valence-electron chi connectivity index (χ4n) is 1.65. The van der Waals surface area contributed by atoms with Gasteiger partial charge >= 0.3 is 0 Å².